The number of hydrogen-bond acceptors (Lipinski definition) is 5. The molecule has 1 atom stereocenters. The van der Waals surface area contributed by atoms with Gasteiger partial charge in [-0.15, -0.1) is 0 Å². The lowest BCUT2D eigenvalue weighted by molar-refractivity contribution is -0.150. The van der Waals surface area contributed by atoms with E-state index >= 15 is 0 Å². The Balaban J connectivity index is 1.81. The topological polar surface area (TPSA) is 65.8 Å². The zero-order valence-electron chi connectivity index (χ0n) is 20.3. The fourth-order valence-corrected chi connectivity index (χ4v) is 3.66. The highest BCUT2D eigenvalue weighted by molar-refractivity contribution is 5.76. The number of unbranched alkanes of at least 4 members (excludes halogenated alkanes) is 1. The standard InChI is InChI=1S/C25H39N3O4/c1-6-7-9-20(2)28(19-25(30-4)31-5)24(29)13-15-32-14-12-21-10-8-11-22(16-21)23-17-26-27(3)18-23/h8,10-11,16-18,20,25H,6-7,9,12-15,19H2,1-5H3. The monoisotopic (exact) mass is 445 g/mol. The number of ether oxygens (including phenoxy) is 3. The molecule has 7 nitrogen and oxygen atoms in total. The number of nitrogens with zero attached hydrogens (tertiary/aromatic N) is 3. The summed E-state index contributed by atoms with van der Waals surface area (Å²) in [4.78, 5) is 14.7. The number of hydrogen-bond donors (Lipinski definition) is 0. The molecule has 2 rings (SSSR count). The van der Waals surface area contributed by atoms with Crippen LogP contribution in [-0.2, 0) is 32.5 Å². The van der Waals surface area contributed by atoms with Crippen molar-refractivity contribution >= 4 is 5.91 Å². The maximum absolute atomic E-state index is 12.9. The van der Waals surface area contributed by atoms with Crippen LogP contribution in [0.3, 0.4) is 0 Å². The van der Waals surface area contributed by atoms with Gasteiger partial charge in [0.25, 0.3) is 0 Å². The van der Waals surface area contributed by atoms with Crippen molar-refractivity contribution in [2.75, 3.05) is 34.0 Å². The molecule has 7 heteroatoms. The zero-order chi connectivity index (χ0) is 23.3. The van der Waals surface area contributed by atoms with E-state index in [0.29, 0.717) is 26.2 Å². The molecule has 0 bridgehead atoms. The summed E-state index contributed by atoms with van der Waals surface area (Å²) in [5, 5.41) is 4.24. The highest BCUT2D eigenvalue weighted by Gasteiger charge is 2.23. The molecule has 0 aliphatic carbocycles. The number of rotatable bonds is 15. The van der Waals surface area contributed by atoms with Gasteiger partial charge in [0.1, 0.15) is 0 Å². The molecule has 0 aliphatic heterocycles. The van der Waals surface area contributed by atoms with Crippen LogP contribution < -0.4 is 0 Å². The first kappa shape index (κ1) is 26.0. The van der Waals surface area contributed by atoms with E-state index in [9.17, 15) is 4.79 Å². The van der Waals surface area contributed by atoms with Gasteiger partial charge in [-0.1, -0.05) is 44.0 Å². The molecule has 1 amide bonds. The highest BCUT2D eigenvalue weighted by atomic mass is 16.7. The highest BCUT2D eigenvalue weighted by Crippen LogP contribution is 2.20. The summed E-state index contributed by atoms with van der Waals surface area (Å²) in [7, 11) is 5.11. The summed E-state index contributed by atoms with van der Waals surface area (Å²) >= 11 is 0. The van der Waals surface area contributed by atoms with Crippen LogP contribution >= 0.6 is 0 Å². The molecule has 0 fully saturated rings. The molecule has 0 N–H and O–H groups in total. The van der Waals surface area contributed by atoms with E-state index in [0.717, 1.165) is 36.8 Å². The third kappa shape index (κ3) is 8.37. The summed E-state index contributed by atoms with van der Waals surface area (Å²) in [6.07, 6.45) is 7.77. The van der Waals surface area contributed by atoms with E-state index in [1.165, 1.54) is 5.56 Å². The quantitative estimate of drug-likeness (QED) is 0.305. The Kier molecular flexibility index (Phi) is 11.4. The smallest absolute Gasteiger partial charge is 0.225 e. The Labute approximate surface area is 192 Å². The van der Waals surface area contributed by atoms with E-state index < -0.39 is 6.29 Å². The first-order valence-electron chi connectivity index (χ1n) is 11.5. The Morgan fingerprint density at radius 1 is 1.19 bits per heavy atom. The van der Waals surface area contributed by atoms with Gasteiger partial charge in [-0.2, -0.15) is 5.10 Å². The maximum atomic E-state index is 12.9. The second-order valence-corrected chi connectivity index (χ2v) is 8.15. The fraction of sp³-hybridized carbons (Fsp3) is 0.600. The molecule has 1 aromatic heterocycles. The molecule has 0 saturated heterocycles. The lowest BCUT2D eigenvalue weighted by atomic mass is 10.0. The van der Waals surface area contributed by atoms with E-state index in [4.69, 9.17) is 14.2 Å². The molecule has 0 saturated carbocycles. The van der Waals surface area contributed by atoms with Gasteiger partial charge in [0.2, 0.25) is 5.91 Å². The van der Waals surface area contributed by atoms with Crippen molar-refractivity contribution in [2.45, 2.75) is 58.3 Å². The lowest BCUT2D eigenvalue weighted by Gasteiger charge is -2.32. The van der Waals surface area contributed by atoms with E-state index in [-0.39, 0.29) is 11.9 Å². The SMILES string of the molecule is CCCCC(C)N(CC(OC)OC)C(=O)CCOCCc1cccc(-c2cnn(C)c2)c1. The van der Waals surface area contributed by atoms with Crippen LogP contribution in [0.15, 0.2) is 36.7 Å². The largest absolute Gasteiger partial charge is 0.381 e. The summed E-state index contributed by atoms with van der Waals surface area (Å²) in [6.45, 7) is 5.66. The van der Waals surface area contributed by atoms with Crippen LogP contribution in [0.2, 0.25) is 0 Å². The van der Waals surface area contributed by atoms with Gasteiger partial charge >= 0.3 is 0 Å². The Morgan fingerprint density at radius 3 is 2.62 bits per heavy atom. The zero-order valence-corrected chi connectivity index (χ0v) is 20.3. The number of carbonyl (C=O) groups is 1. The molecule has 2 aromatic rings. The van der Waals surface area contributed by atoms with Crippen molar-refractivity contribution < 1.29 is 19.0 Å². The van der Waals surface area contributed by atoms with Crippen LogP contribution in [0.25, 0.3) is 11.1 Å². The number of benzene rings is 1. The van der Waals surface area contributed by atoms with Crippen LogP contribution in [0, 0.1) is 0 Å². The lowest BCUT2D eigenvalue weighted by Crippen LogP contribution is -2.44. The molecule has 1 aromatic carbocycles. The Hall–Kier alpha value is -2.22. The molecule has 0 spiro atoms. The van der Waals surface area contributed by atoms with E-state index in [1.54, 1.807) is 18.9 Å². The van der Waals surface area contributed by atoms with Gasteiger partial charge < -0.3 is 19.1 Å². The summed E-state index contributed by atoms with van der Waals surface area (Å²) in [5.74, 6) is 0.0753. The first-order valence-corrected chi connectivity index (χ1v) is 11.5. The number of aromatic nitrogens is 2. The van der Waals surface area contributed by atoms with Gasteiger partial charge in [0, 0.05) is 39.1 Å². The van der Waals surface area contributed by atoms with Crippen molar-refractivity contribution in [3.63, 3.8) is 0 Å². The number of amides is 1. The van der Waals surface area contributed by atoms with Crippen molar-refractivity contribution in [1.29, 1.82) is 0 Å². The van der Waals surface area contributed by atoms with E-state index in [1.807, 2.05) is 24.3 Å². The minimum Gasteiger partial charge on any atom is -0.381 e. The predicted octanol–water partition coefficient (Wildman–Crippen LogP) is 4.06. The Bertz CT molecular complexity index is 804. The molecule has 178 valence electrons. The van der Waals surface area contributed by atoms with Crippen LogP contribution in [-0.4, -0.2) is 66.9 Å². The first-order chi connectivity index (χ1) is 15.5. The second kappa shape index (κ2) is 14.0. The van der Waals surface area contributed by atoms with Gasteiger partial charge in [-0.3, -0.25) is 9.48 Å². The molecular formula is C25H39N3O4. The summed E-state index contributed by atoms with van der Waals surface area (Å²) in [5.41, 5.74) is 3.45. The average Bonchev–Trinajstić information content (AvgIpc) is 3.24. The molecular weight excluding hydrogens is 406 g/mol. The third-order valence-electron chi connectivity index (χ3n) is 5.66. The van der Waals surface area contributed by atoms with Crippen molar-refractivity contribution in [2.24, 2.45) is 7.05 Å². The fourth-order valence-electron chi connectivity index (χ4n) is 3.66. The number of carbonyl (C=O) groups excluding carboxylic acids is 1. The van der Waals surface area contributed by atoms with E-state index in [2.05, 4.69) is 43.2 Å². The van der Waals surface area contributed by atoms with Crippen LogP contribution in [0.1, 0.15) is 45.1 Å². The molecule has 0 radical (unpaired) electrons. The minimum absolute atomic E-state index is 0.0753. The van der Waals surface area contributed by atoms with Gasteiger partial charge in [-0.05, 0) is 30.9 Å². The number of methoxy groups -OCH3 is 2. The minimum atomic E-state index is -0.420. The van der Waals surface area contributed by atoms with Gasteiger partial charge in [-0.25, -0.2) is 0 Å². The Morgan fingerprint density at radius 2 is 1.97 bits per heavy atom. The maximum Gasteiger partial charge on any atom is 0.225 e. The van der Waals surface area contributed by atoms with Crippen LogP contribution in [0.4, 0.5) is 0 Å². The summed E-state index contributed by atoms with van der Waals surface area (Å²) < 4.78 is 18.2. The molecule has 0 aliphatic rings. The van der Waals surface area contributed by atoms with Crippen LogP contribution in [0.5, 0.6) is 0 Å². The summed E-state index contributed by atoms with van der Waals surface area (Å²) in [6, 6.07) is 8.55. The van der Waals surface area contributed by atoms with Crippen molar-refractivity contribution in [3.8, 4) is 11.1 Å². The van der Waals surface area contributed by atoms with Gasteiger partial charge in [0.05, 0.1) is 32.4 Å². The number of aryl methyl sites for hydroxylation is 1. The second-order valence-electron chi connectivity index (χ2n) is 8.15. The normalized spacial score (nSPS) is 12.3. The van der Waals surface area contributed by atoms with Gasteiger partial charge in [0.15, 0.2) is 6.29 Å². The molecule has 1 heterocycles. The molecule has 1 unspecified atom stereocenters. The van der Waals surface area contributed by atoms with Crippen molar-refractivity contribution in [1.82, 2.24) is 14.7 Å². The van der Waals surface area contributed by atoms with Crippen molar-refractivity contribution in [3.05, 3.63) is 42.2 Å². The molecule has 32 heavy (non-hydrogen) atoms. The third-order valence-corrected chi connectivity index (χ3v) is 5.66. The average molecular weight is 446 g/mol. The predicted molar refractivity (Wildman–Crippen MR) is 126 cm³/mol.